The summed E-state index contributed by atoms with van der Waals surface area (Å²) >= 11 is 4.76. The minimum Gasteiger partial charge on any atom is -0.271 e. The lowest BCUT2D eigenvalue weighted by atomic mass is 10.1. The van der Waals surface area contributed by atoms with Gasteiger partial charge >= 0.3 is 5.38 Å². The van der Waals surface area contributed by atoms with E-state index in [1.807, 2.05) is 0 Å². The van der Waals surface area contributed by atoms with Gasteiger partial charge in [0.1, 0.15) is 17.7 Å². The Morgan fingerprint density at radius 1 is 1.38 bits per heavy atom. The summed E-state index contributed by atoms with van der Waals surface area (Å²) in [5.74, 6) is 3.18. The number of nitrogens with two attached hydrogens (primary N) is 1. The van der Waals surface area contributed by atoms with E-state index in [9.17, 15) is 17.6 Å². The number of alkyl halides is 3. The molecule has 1 rings (SSSR count). The van der Waals surface area contributed by atoms with Crippen molar-refractivity contribution in [2.75, 3.05) is 0 Å². The third-order valence-electron chi connectivity index (χ3n) is 2.04. The van der Waals surface area contributed by atoms with Crippen LogP contribution in [0.5, 0.6) is 0 Å². The van der Waals surface area contributed by atoms with Crippen molar-refractivity contribution in [3.05, 3.63) is 35.4 Å². The molecule has 0 aliphatic rings. The second-order valence-corrected chi connectivity index (χ2v) is 3.70. The summed E-state index contributed by atoms with van der Waals surface area (Å²) in [6.45, 7) is 0. The van der Waals surface area contributed by atoms with Gasteiger partial charge in [-0.1, -0.05) is 6.07 Å². The first-order valence-corrected chi connectivity index (χ1v) is 4.69. The average molecular weight is 257 g/mol. The molecule has 0 saturated heterocycles. The molecular formula is C9H9ClF4N2. The Bertz CT molecular complexity index is 367. The molecule has 0 saturated carbocycles. The highest BCUT2D eigenvalue weighted by Crippen LogP contribution is 2.26. The van der Waals surface area contributed by atoms with Crippen LogP contribution in [0, 0.1) is 11.6 Å². The van der Waals surface area contributed by atoms with E-state index in [2.05, 4.69) is 0 Å². The van der Waals surface area contributed by atoms with Gasteiger partial charge in [0.2, 0.25) is 0 Å². The lowest BCUT2D eigenvalue weighted by Gasteiger charge is -2.20. The fourth-order valence-corrected chi connectivity index (χ4v) is 1.32. The number of nitrogens with one attached hydrogen (secondary N) is 1. The molecular weight excluding hydrogens is 248 g/mol. The summed E-state index contributed by atoms with van der Waals surface area (Å²) in [5, 5.41) is -3.62. The molecule has 3 N–H and O–H groups in total. The van der Waals surface area contributed by atoms with Crippen LogP contribution in [-0.4, -0.2) is 11.4 Å². The molecule has 1 unspecified atom stereocenters. The zero-order valence-corrected chi connectivity index (χ0v) is 8.74. The van der Waals surface area contributed by atoms with Crippen molar-refractivity contribution in [2.24, 2.45) is 5.84 Å². The van der Waals surface area contributed by atoms with Crippen LogP contribution in [0.15, 0.2) is 18.2 Å². The van der Waals surface area contributed by atoms with Crippen LogP contribution < -0.4 is 11.3 Å². The first kappa shape index (κ1) is 13.2. The van der Waals surface area contributed by atoms with Crippen molar-refractivity contribution in [2.45, 2.75) is 17.8 Å². The van der Waals surface area contributed by atoms with Gasteiger partial charge in [0.15, 0.2) is 0 Å². The summed E-state index contributed by atoms with van der Waals surface area (Å²) in [6.07, 6.45) is -0.445. The fourth-order valence-electron chi connectivity index (χ4n) is 1.18. The monoisotopic (exact) mass is 256 g/mol. The fraction of sp³-hybridized carbons (Fsp3) is 0.333. The molecule has 90 valence electrons. The van der Waals surface area contributed by atoms with Gasteiger partial charge in [-0.15, -0.1) is 0 Å². The molecule has 0 amide bonds. The Hall–Kier alpha value is -0.850. The molecule has 7 heteroatoms. The Labute approximate surface area is 94.4 Å². The van der Waals surface area contributed by atoms with Crippen molar-refractivity contribution >= 4 is 11.6 Å². The predicted octanol–water partition coefficient (Wildman–Crippen LogP) is 2.17. The lowest BCUT2D eigenvalue weighted by molar-refractivity contribution is 0.0500. The van der Waals surface area contributed by atoms with Gasteiger partial charge in [0.05, 0.1) is 0 Å². The summed E-state index contributed by atoms with van der Waals surface area (Å²) in [4.78, 5) is 0. The predicted molar refractivity (Wildman–Crippen MR) is 52.0 cm³/mol. The quantitative estimate of drug-likeness (QED) is 0.375. The molecule has 2 nitrogen and oxygen atoms in total. The van der Waals surface area contributed by atoms with Crippen molar-refractivity contribution < 1.29 is 17.6 Å². The number of hydrogen-bond donors (Lipinski definition) is 2. The first-order valence-electron chi connectivity index (χ1n) is 4.31. The zero-order chi connectivity index (χ0) is 12.3. The van der Waals surface area contributed by atoms with Crippen molar-refractivity contribution in [3.8, 4) is 0 Å². The summed E-state index contributed by atoms with van der Waals surface area (Å²) < 4.78 is 51.1. The number of benzene rings is 1. The third-order valence-corrected chi connectivity index (χ3v) is 2.30. The highest BCUT2D eigenvalue weighted by Gasteiger charge is 2.36. The molecule has 0 heterocycles. The van der Waals surface area contributed by atoms with Crippen LogP contribution in [0.1, 0.15) is 5.56 Å². The Morgan fingerprint density at radius 2 is 2.00 bits per heavy atom. The average Bonchev–Trinajstić information content (AvgIpc) is 2.14. The topological polar surface area (TPSA) is 38.0 Å². The highest BCUT2D eigenvalue weighted by atomic mass is 35.5. The van der Waals surface area contributed by atoms with Gasteiger partial charge in [-0.3, -0.25) is 5.84 Å². The van der Waals surface area contributed by atoms with Crippen LogP contribution in [0.2, 0.25) is 0 Å². The molecule has 0 radical (unpaired) electrons. The van der Waals surface area contributed by atoms with E-state index in [0.717, 1.165) is 12.1 Å². The van der Waals surface area contributed by atoms with Gasteiger partial charge in [-0.25, -0.2) is 14.2 Å². The molecule has 1 aromatic rings. The van der Waals surface area contributed by atoms with E-state index >= 15 is 0 Å². The maximum atomic E-state index is 13.1. The van der Waals surface area contributed by atoms with E-state index in [-0.39, 0.29) is 5.56 Å². The van der Waals surface area contributed by atoms with Gasteiger partial charge < -0.3 is 0 Å². The van der Waals surface area contributed by atoms with Crippen LogP contribution >= 0.6 is 11.6 Å². The lowest BCUT2D eigenvalue weighted by Crippen LogP contribution is -2.47. The Morgan fingerprint density at radius 3 is 2.44 bits per heavy atom. The standard InChI is InChI=1S/C9H9ClF4N2/c10-9(13,14)8(16-15)3-5-1-2-6(11)4-7(5)12/h1-2,4,8,16H,3,15H2. The summed E-state index contributed by atoms with van der Waals surface area (Å²) in [6, 6.07) is 1.01. The van der Waals surface area contributed by atoms with Crippen LogP contribution in [0.4, 0.5) is 17.6 Å². The SMILES string of the molecule is NNC(Cc1ccc(F)cc1F)C(F)(F)Cl. The third kappa shape index (κ3) is 3.33. The van der Waals surface area contributed by atoms with Crippen LogP contribution in [-0.2, 0) is 6.42 Å². The van der Waals surface area contributed by atoms with E-state index < -0.39 is 29.5 Å². The van der Waals surface area contributed by atoms with E-state index in [0.29, 0.717) is 6.07 Å². The van der Waals surface area contributed by atoms with Crippen molar-refractivity contribution in [1.29, 1.82) is 0 Å². The van der Waals surface area contributed by atoms with E-state index in [1.165, 1.54) is 0 Å². The molecule has 1 atom stereocenters. The minimum atomic E-state index is -3.62. The van der Waals surface area contributed by atoms with Gasteiger partial charge in [0.25, 0.3) is 0 Å². The highest BCUT2D eigenvalue weighted by molar-refractivity contribution is 6.22. The Balaban J connectivity index is 2.86. The molecule has 0 aliphatic heterocycles. The molecule has 1 aromatic carbocycles. The van der Waals surface area contributed by atoms with Crippen molar-refractivity contribution in [1.82, 2.24) is 5.43 Å². The van der Waals surface area contributed by atoms with Gasteiger partial charge in [-0.2, -0.15) is 8.78 Å². The molecule has 0 spiro atoms. The van der Waals surface area contributed by atoms with Crippen LogP contribution in [0.25, 0.3) is 0 Å². The van der Waals surface area contributed by atoms with Gasteiger partial charge in [0, 0.05) is 6.07 Å². The molecule has 0 bridgehead atoms. The summed E-state index contributed by atoms with van der Waals surface area (Å²) in [5.41, 5.74) is 1.70. The first-order chi connectivity index (χ1) is 7.34. The molecule has 16 heavy (non-hydrogen) atoms. The smallest absolute Gasteiger partial charge is 0.271 e. The number of hydrazine groups is 1. The normalized spacial score (nSPS) is 13.9. The van der Waals surface area contributed by atoms with Crippen LogP contribution in [0.3, 0.4) is 0 Å². The number of halogens is 5. The molecule has 0 fully saturated rings. The molecule has 0 aromatic heterocycles. The number of rotatable bonds is 4. The van der Waals surface area contributed by atoms with Crippen molar-refractivity contribution in [3.63, 3.8) is 0 Å². The Kier molecular flexibility index (Phi) is 4.12. The number of hydrogen-bond acceptors (Lipinski definition) is 2. The van der Waals surface area contributed by atoms with Gasteiger partial charge in [-0.05, 0) is 29.7 Å². The largest absolute Gasteiger partial charge is 0.338 e. The van der Waals surface area contributed by atoms with E-state index in [4.69, 9.17) is 17.4 Å². The second kappa shape index (κ2) is 4.99. The minimum absolute atomic E-state index is 0.0929. The molecule has 0 aliphatic carbocycles. The maximum Gasteiger partial charge on any atom is 0.338 e. The maximum absolute atomic E-state index is 13.1. The second-order valence-electron chi connectivity index (χ2n) is 3.20. The summed E-state index contributed by atoms with van der Waals surface area (Å²) in [7, 11) is 0. The van der Waals surface area contributed by atoms with E-state index in [1.54, 1.807) is 5.43 Å². The zero-order valence-electron chi connectivity index (χ0n) is 7.98.